The summed E-state index contributed by atoms with van der Waals surface area (Å²) in [6.07, 6.45) is 3.47. The Labute approximate surface area is 161 Å². The molecule has 146 valence electrons. The maximum absolute atomic E-state index is 12.6. The molecule has 1 amide bonds. The number of hydrogen-bond acceptors (Lipinski definition) is 4. The Balaban J connectivity index is 1.44. The Morgan fingerprint density at radius 2 is 1.78 bits per heavy atom. The minimum absolute atomic E-state index is 0.0650. The summed E-state index contributed by atoms with van der Waals surface area (Å²) in [6, 6.07) is 9.52. The Morgan fingerprint density at radius 3 is 2.44 bits per heavy atom. The van der Waals surface area contributed by atoms with Crippen molar-refractivity contribution < 1.29 is 9.53 Å². The number of piperazine rings is 1. The van der Waals surface area contributed by atoms with Gasteiger partial charge in [0.2, 0.25) is 0 Å². The lowest BCUT2D eigenvalue weighted by Gasteiger charge is -2.36. The first-order chi connectivity index (χ1) is 13.0. The molecule has 1 aliphatic rings. The van der Waals surface area contributed by atoms with Gasteiger partial charge in [-0.05, 0) is 19.1 Å². The second-order valence-corrected chi connectivity index (χ2v) is 7.37. The topological polar surface area (TPSA) is 50.6 Å². The van der Waals surface area contributed by atoms with E-state index in [-0.39, 0.29) is 5.91 Å². The zero-order valence-electron chi connectivity index (χ0n) is 16.5. The fourth-order valence-corrected chi connectivity index (χ4v) is 3.46. The normalized spacial score (nSPS) is 16.5. The van der Waals surface area contributed by atoms with Gasteiger partial charge < -0.3 is 14.2 Å². The molecule has 6 heteroatoms. The minimum Gasteiger partial charge on any atom is -0.481 e. The van der Waals surface area contributed by atoms with Crippen molar-refractivity contribution in [2.45, 2.75) is 39.3 Å². The highest BCUT2D eigenvalue weighted by molar-refractivity contribution is 5.81. The van der Waals surface area contributed by atoms with E-state index >= 15 is 0 Å². The third-order valence-corrected chi connectivity index (χ3v) is 5.01. The molecule has 0 saturated carbocycles. The predicted octanol–water partition coefficient (Wildman–Crippen LogP) is 2.62. The average Bonchev–Trinajstić information content (AvgIpc) is 3.16. The summed E-state index contributed by atoms with van der Waals surface area (Å²) in [7, 11) is 0. The van der Waals surface area contributed by atoms with Crippen LogP contribution < -0.4 is 4.74 Å². The van der Waals surface area contributed by atoms with Gasteiger partial charge in [0.15, 0.2) is 6.10 Å². The van der Waals surface area contributed by atoms with Gasteiger partial charge in [0.1, 0.15) is 11.6 Å². The number of benzene rings is 1. The number of carbonyl (C=O) groups is 1. The van der Waals surface area contributed by atoms with Gasteiger partial charge in [-0.1, -0.05) is 32.0 Å². The summed E-state index contributed by atoms with van der Waals surface area (Å²) >= 11 is 0. The van der Waals surface area contributed by atoms with Crippen LogP contribution in [0.25, 0.3) is 0 Å². The first kappa shape index (κ1) is 19.4. The molecule has 0 radical (unpaired) electrons. The monoisotopic (exact) mass is 370 g/mol. The first-order valence-electron chi connectivity index (χ1n) is 9.78. The second kappa shape index (κ2) is 9.04. The van der Waals surface area contributed by atoms with Gasteiger partial charge in [0.25, 0.3) is 5.91 Å². The maximum atomic E-state index is 12.6. The molecular formula is C21H30N4O2. The fraction of sp³-hybridized carbons (Fsp3) is 0.524. The van der Waals surface area contributed by atoms with E-state index in [1.165, 1.54) is 0 Å². The Hall–Kier alpha value is -2.34. The molecule has 1 unspecified atom stereocenters. The molecule has 1 aliphatic heterocycles. The summed E-state index contributed by atoms with van der Waals surface area (Å²) in [5.74, 6) is 2.37. The van der Waals surface area contributed by atoms with Crippen LogP contribution in [-0.2, 0) is 11.3 Å². The standard InChI is InChI=1S/C21H30N4O2/c1-17(2)20-22-9-10-24(20)14-11-23-12-15-25(16-13-23)21(26)18(3)27-19-7-5-4-6-8-19/h4-10,17-18H,11-16H2,1-3H3. The number of carbonyl (C=O) groups excluding carboxylic acids is 1. The van der Waals surface area contributed by atoms with E-state index in [1.54, 1.807) is 0 Å². The van der Waals surface area contributed by atoms with E-state index in [1.807, 2.05) is 48.4 Å². The maximum Gasteiger partial charge on any atom is 0.263 e. The van der Waals surface area contributed by atoms with Crippen LogP contribution in [0.2, 0.25) is 0 Å². The van der Waals surface area contributed by atoms with Crippen LogP contribution in [0.15, 0.2) is 42.7 Å². The lowest BCUT2D eigenvalue weighted by molar-refractivity contribution is -0.139. The molecule has 0 aliphatic carbocycles. The van der Waals surface area contributed by atoms with E-state index in [4.69, 9.17) is 4.74 Å². The van der Waals surface area contributed by atoms with Crippen LogP contribution in [0.4, 0.5) is 0 Å². The van der Waals surface area contributed by atoms with E-state index in [0.717, 1.165) is 50.8 Å². The predicted molar refractivity (Wildman–Crippen MR) is 106 cm³/mol. The molecule has 1 saturated heterocycles. The molecule has 27 heavy (non-hydrogen) atoms. The number of nitrogens with zero attached hydrogens (tertiary/aromatic N) is 4. The van der Waals surface area contributed by atoms with Crippen LogP contribution in [-0.4, -0.2) is 64.1 Å². The van der Waals surface area contributed by atoms with Crippen molar-refractivity contribution in [3.05, 3.63) is 48.5 Å². The smallest absolute Gasteiger partial charge is 0.263 e. The zero-order chi connectivity index (χ0) is 19.2. The first-order valence-corrected chi connectivity index (χ1v) is 9.78. The van der Waals surface area contributed by atoms with Crippen molar-refractivity contribution in [2.24, 2.45) is 0 Å². The molecule has 1 aromatic carbocycles. The van der Waals surface area contributed by atoms with Gasteiger partial charge in [-0.3, -0.25) is 9.69 Å². The molecular weight excluding hydrogens is 340 g/mol. The third kappa shape index (κ3) is 5.10. The van der Waals surface area contributed by atoms with Crippen molar-refractivity contribution in [1.29, 1.82) is 0 Å². The summed E-state index contributed by atoms with van der Waals surface area (Å²) in [5, 5.41) is 0. The highest BCUT2D eigenvalue weighted by Crippen LogP contribution is 2.14. The van der Waals surface area contributed by atoms with Gasteiger partial charge in [-0.2, -0.15) is 0 Å². The average molecular weight is 370 g/mol. The summed E-state index contributed by atoms with van der Waals surface area (Å²) in [4.78, 5) is 21.4. The molecule has 2 heterocycles. The lowest BCUT2D eigenvalue weighted by Crippen LogP contribution is -2.52. The van der Waals surface area contributed by atoms with E-state index in [2.05, 4.69) is 34.5 Å². The van der Waals surface area contributed by atoms with Crippen LogP contribution in [0.5, 0.6) is 5.75 Å². The van der Waals surface area contributed by atoms with Gasteiger partial charge >= 0.3 is 0 Å². The van der Waals surface area contributed by atoms with Crippen molar-refractivity contribution in [3.8, 4) is 5.75 Å². The van der Waals surface area contributed by atoms with Gasteiger partial charge in [-0.15, -0.1) is 0 Å². The highest BCUT2D eigenvalue weighted by atomic mass is 16.5. The van der Waals surface area contributed by atoms with Crippen LogP contribution in [0, 0.1) is 0 Å². The number of aromatic nitrogens is 2. The van der Waals surface area contributed by atoms with Gasteiger partial charge in [-0.25, -0.2) is 4.98 Å². The molecule has 0 bridgehead atoms. The summed E-state index contributed by atoms with van der Waals surface area (Å²) in [5.41, 5.74) is 0. The number of hydrogen-bond donors (Lipinski definition) is 0. The van der Waals surface area contributed by atoms with Crippen molar-refractivity contribution in [1.82, 2.24) is 19.4 Å². The van der Waals surface area contributed by atoms with E-state index in [9.17, 15) is 4.79 Å². The SMILES string of the molecule is CC(Oc1ccccc1)C(=O)N1CCN(CCn2ccnc2C(C)C)CC1. The number of imidazole rings is 1. The van der Waals surface area contributed by atoms with Crippen LogP contribution in [0.3, 0.4) is 0 Å². The second-order valence-electron chi connectivity index (χ2n) is 7.37. The van der Waals surface area contributed by atoms with Crippen LogP contribution in [0.1, 0.15) is 32.5 Å². The fourth-order valence-electron chi connectivity index (χ4n) is 3.46. The quantitative estimate of drug-likeness (QED) is 0.752. The van der Waals surface area contributed by atoms with E-state index < -0.39 is 6.10 Å². The molecule has 0 spiro atoms. The van der Waals surface area contributed by atoms with Crippen molar-refractivity contribution in [3.63, 3.8) is 0 Å². The van der Waals surface area contributed by atoms with Crippen LogP contribution >= 0.6 is 0 Å². The summed E-state index contributed by atoms with van der Waals surface area (Å²) in [6.45, 7) is 11.4. The number of ether oxygens (including phenoxy) is 1. The van der Waals surface area contributed by atoms with Gasteiger partial charge in [0.05, 0.1) is 0 Å². The molecule has 3 rings (SSSR count). The van der Waals surface area contributed by atoms with Gasteiger partial charge in [0, 0.05) is 57.6 Å². The zero-order valence-corrected chi connectivity index (χ0v) is 16.5. The molecule has 0 N–H and O–H groups in total. The molecule has 1 fully saturated rings. The number of amides is 1. The summed E-state index contributed by atoms with van der Waals surface area (Å²) < 4.78 is 8.01. The molecule has 1 aromatic heterocycles. The molecule has 1 atom stereocenters. The number of rotatable bonds is 7. The van der Waals surface area contributed by atoms with Crippen molar-refractivity contribution >= 4 is 5.91 Å². The number of para-hydroxylation sites is 1. The largest absolute Gasteiger partial charge is 0.481 e. The van der Waals surface area contributed by atoms with E-state index in [0.29, 0.717) is 5.92 Å². The lowest BCUT2D eigenvalue weighted by atomic mass is 10.2. The Kier molecular flexibility index (Phi) is 6.50. The molecule has 6 nitrogen and oxygen atoms in total. The third-order valence-electron chi connectivity index (χ3n) is 5.01. The Bertz CT molecular complexity index is 721. The van der Waals surface area contributed by atoms with Crippen molar-refractivity contribution in [2.75, 3.05) is 32.7 Å². The highest BCUT2D eigenvalue weighted by Gasteiger charge is 2.26. The minimum atomic E-state index is -0.460. The Morgan fingerprint density at radius 1 is 1.07 bits per heavy atom. The molecule has 2 aromatic rings.